The lowest BCUT2D eigenvalue weighted by molar-refractivity contribution is 0.0940. The molecule has 0 fully saturated rings. The van der Waals surface area contributed by atoms with E-state index in [1.54, 1.807) is 28.3 Å². The minimum atomic E-state index is -0.103. The summed E-state index contributed by atoms with van der Waals surface area (Å²) in [4.78, 5) is 16.8. The number of carbonyl (C=O) groups excluding carboxylic acids is 1. The normalized spacial score (nSPS) is 11.6. The summed E-state index contributed by atoms with van der Waals surface area (Å²) in [7, 11) is 0. The second kappa shape index (κ2) is 6.39. The van der Waals surface area contributed by atoms with Crippen LogP contribution in [-0.4, -0.2) is 20.7 Å². The molecule has 0 radical (unpaired) electrons. The van der Waals surface area contributed by atoms with Gasteiger partial charge in [0, 0.05) is 23.5 Å². The Bertz CT molecular complexity index is 609. The minimum Gasteiger partial charge on any atom is -0.344 e. The molecule has 1 N–H and O–H groups in total. The number of nitrogens with one attached hydrogen (secondary N) is 1. The summed E-state index contributed by atoms with van der Waals surface area (Å²) in [6.45, 7) is 9.67. The average Bonchev–Trinajstić information content (AvgIpc) is 3.04. The summed E-state index contributed by atoms with van der Waals surface area (Å²) in [5, 5.41) is 10.1. The third kappa shape index (κ3) is 3.91. The second-order valence-corrected chi connectivity index (χ2v) is 6.94. The van der Waals surface area contributed by atoms with Gasteiger partial charge >= 0.3 is 0 Å². The first kappa shape index (κ1) is 15.7. The van der Waals surface area contributed by atoms with Gasteiger partial charge in [-0.05, 0) is 12.5 Å². The van der Waals surface area contributed by atoms with Crippen LogP contribution in [0.15, 0.2) is 17.6 Å². The Balaban J connectivity index is 1.98. The Kier molecular flexibility index (Phi) is 4.77. The van der Waals surface area contributed by atoms with Crippen molar-refractivity contribution in [2.24, 2.45) is 0 Å². The SMILES string of the molecule is CCCn1nccc1C(=O)NCc1nc(C(C)(C)C)cs1. The van der Waals surface area contributed by atoms with E-state index in [1.165, 1.54) is 0 Å². The number of carbonyl (C=O) groups is 1. The Morgan fingerprint density at radius 1 is 1.43 bits per heavy atom. The van der Waals surface area contributed by atoms with Crippen molar-refractivity contribution in [3.8, 4) is 0 Å². The molecular formula is C15H22N4OS. The van der Waals surface area contributed by atoms with Crippen LogP contribution in [0.5, 0.6) is 0 Å². The highest BCUT2D eigenvalue weighted by Gasteiger charge is 2.18. The molecule has 0 saturated carbocycles. The van der Waals surface area contributed by atoms with E-state index in [1.807, 2.05) is 0 Å². The van der Waals surface area contributed by atoms with Gasteiger partial charge in [-0.3, -0.25) is 9.48 Å². The first-order valence-corrected chi connectivity index (χ1v) is 8.04. The van der Waals surface area contributed by atoms with Gasteiger partial charge in [-0.25, -0.2) is 4.98 Å². The van der Waals surface area contributed by atoms with Gasteiger partial charge in [0.05, 0.1) is 12.2 Å². The Morgan fingerprint density at radius 3 is 2.81 bits per heavy atom. The van der Waals surface area contributed by atoms with E-state index in [0.29, 0.717) is 12.2 Å². The number of hydrogen-bond acceptors (Lipinski definition) is 4. The summed E-state index contributed by atoms with van der Waals surface area (Å²) in [5.41, 5.74) is 1.70. The van der Waals surface area contributed by atoms with E-state index in [2.05, 4.69) is 48.5 Å². The summed E-state index contributed by atoms with van der Waals surface area (Å²) >= 11 is 1.58. The third-order valence-corrected chi connectivity index (χ3v) is 3.95. The fourth-order valence-corrected chi connectivity index (χ4v) is 2.86. The van der Waals surface area contributed by atoms with Crippen LogP contribution in [0.2, 0.25) is 0 Å². The standard InChI is InChI=1S/C15H22N4OS/c1-5-8-19-11(6-7-17-19)14(20)16-9-13-18-12(10-21-13)15(2,3)4/h6-7,10H,5,8-9H2,1-4H3,(H,16,20). The quantitative estimate of drug-likeness (QED) is 0.924. The topological polar surface area (TPSA) is 59.8 Å². The molecule has 2 rings (SSSR count). The molecule has 1 amide bonds. The van der Waals surface area contributed by atoms with E-state index in [-0.39, 0.29) is 11.3 Å². The highest BCUT2D eigenvalue weighted by molar-refractivity contribution is 7.09. The van der Waals surface area contributed by atoms with Crippen LogP contribution in [0.3, 0.4) is 0 Å². The maximum atomic E-state index is 12.2. The molecule has 2 aromatic rings. The van der Waals surface area contributed by atoms with Gasteiger partial charge in [0.2, 0.25) is 0 Å². The largest absolute Gasteiger partial charge is 0.344 e. The monoisotopic (exact) mass is 306 g/mol. The van der Waals surface area contributed by atoms with Crippen molar-refractivity contribution in [1.82, 2.24) is 20.1 Å². The van der Waals surface area contributed by atoms with Crippen molar-refractivity contribution in [2.45, 2.75) is 52.6 Å². The number of aromatic nitrogens is 3. The minimum absolute atomic E-state index is 0.0402. The highest BCUT2D eigenvalue weighted by atomic mass is 32.1. The van der Waals surface area contributed by atoms with Crippen LogP contribution in [0, 0.1) is 0 Å². The first-order chi connectivity index (χ1) is 9.91. The van der Waals surface area contributed by atoms with Gasteiger partial charge in [-0.15, -0.1) is 11.3 Å². The number of hydrogen-bond donors (Lipinski definition) is 1. The molecule has 5 nitrogen and oxygen atoms in total. The van der Waals surface area contributed by atoms with Crippen molar-refractivity contribution in [1.29, 1.82) is 0 Å². The zero-order valence-corrected chi connectivity index (χ0v) is 13.8. The summed E-state index contributed by atoms with van der Waals surface area (Å²) in [6.07, 6.45) is 2.61. The number of amides is 1. The summed E-state index contributed by atoms with van der Waals surface area (Å²) in [5.74, 6) is -0.103. The van der Waals surface area contributed by atoms with Crippen LogP contribution in [-0.2, 0) is 18.5 Å². The molecule has 2 aromatic heterocycles. The molecule has 0 atom stereocenters. The van der Waals surface area contributed by atoms with Crippen molar-refractivity contribution < 1.29 is 4.79 Å². The molecule has 0 aliphatic heterocycles. The van der Waals surface area contributed by atoms with Gasteiger partial charge < -0.3 is 5.32 Å². The fourth-order valence-electron chi connectivity index (χ4n) is 1.90. The van der Waals surface area contributed by atoms with E-state index < -0.39 is 0 Å². The van der Waals surface area contributed by atoms with E-state index in [9.17, 15) is 4.79 Å². The van der Waals surface area contributed by atoms with Crippen molar-refractivity contribution in [3.05, 3.63) is 34.0 Å². The third-order valence-electron chi connectivity index (χ3n) is 3.10. The highest BCUT2D eigenvalue weighted by Crippen LogP contribution is 2.23. The lowest BCUT2D eigenvalue weighted by Crippen LogP contribution is -2.26. The molecule has 0 aliphatic rings. The lowest BCUT2D eigenvalue weighted by Gasteiger charge is -2.14. The van der Waals surface area contributed by atoms with Gasteiger partial charge in [0.1, 0.15) is 10.7 Å². The molecular weight excluding hydrogens is 284 g/mol. The Hall–Kier alpha value is -1.69. The number of nitrogens with zero attached hydrogens (tertiary/aromatic N) is 3. The molecule has 0 spiro atoms. The van der Waals surface area contributed by atoms with E-state index in [4.69, 9.17) is 0 Å². The van der Waals surface area contributed by atoms with Gasteiger partial charge in [0.25, 0.3) is 5.91 Å². The van der Waals surface area contributed by atoms with Gasteiger partial charge in [-0.1, -0.05) is 27.7 Å². The number of aryl methyl sites for hydroxylation is 1. The molecule has 0 unspecified atom stereocenters. The lowest BCUT2D eigenvalue weighted by atomic mass is 9.93. The molecule has 0 bridgehead atoms. The summed E-state index contributed by atoms with van der Waals surface area (Å²) < 4.78 is 1.73. The second-order valence-electron chi connectivity index (χ2n) is 6.00. The van der Waals surface area contributed by atoms with Crippen LogP contribution in [0.4, 0.5) is 0 Å². The van der Waals surface area contributed by atoms with Crippen molar-refractivity contribution >= 4 is 17.2 Å². The van der Waals surface area contributed by atoms with Crippen LogP contribution < -0.4 is 5.32 Å². The maximum absolute atomic E-state index is 12.2. The predicted octanol–water partition coefficient (Wildman–Crippen LogP) is 2.98. The summed E-state index contributed by atoms with van der Waals surface area (Å²) in [6, 6.07) is 1.74. The zero-order chi connectivity index (χ0) is 15.5. The first-order valence-electron chi connectivity index (χ1n) is 7.16. The molecule has 2 heterocycles. The average molecular weight is 306 g/mol. The number of rotatable bonds is 5. The Labute approximate surface area is 129 Å². The fraction of sp³-hybridized carbons (Fsp3) is 0.533. The van der Waals surface area contributed by atoms with E-state index >= 15 is 0 Å². The number of thiazole rings is 1. The van der Waals surface area contributed by atoms with Crippen molar-refractivity contribution in [2.75, 3.05) is 0 Å². The van der Waals surface area contributed by atoms with Crippen LogP contribution in [0.1, 0.15) is 55.3 Å². The molecule has 6 heteroatoms. The van der Waals surface area contributed by atoms with Crippen LogP contribution in [0.25, 0.3) is 0 Å². The molecule has 0 saturated heterocycles. The zero-order valence-electron chi connectivity index (χ0n) is 13.0. The molecule has 0 aliphatic carbocycles. The smallest absolute Gasteiger partial charge is 0.269 e. The van der Waals surface area contributed by atoms with Gasteiger partial charge in [-0.2, -0.15) is 5.10 Å². The Morgan fingerprint density at radius 2 is 2.19 bits per heavy atom. The molecule has 21 heavy (non-hydrogen) atoms. The molecule has 0 aromatic carbocycles. The maximum Gasteiger partial charge on any atom is 0.269 e. The van der Waals surface area contributed by atoms with Crippen LogP contribution >= 0.6 is 11.3 Å². The van der Waals surface area contributed by atoms with E-state index in [0.717, 1.165) is 23.7 Å². The van der Waals surface area contributed by atoms with Crippen molar-refractivity contribution in [3.63, 3.8) is 0 Å². The predicted molar refractivity (Wildman–Crippen MR) is 84.5 cm³/mol. The van der Waals surface area contributed by atoms with Gasteiger partial charge in [0.15, 0.2) is 0 Å². The molecule has 114 valence electrons.